The van der Waals surface area contributed by atoms with Crippen LogP contribution in [-0.4, -0.2) is 6.61 Å². The van der Waals surface area contributed by atoms with E-state index in [1.165, 1.54) is 0 Å². The van der Waals surface area contributed by atoms with Crippen LogP contribution in [0.2, 0.25) is 0 Å². The van der Waals surface area contributed by atoms with Crippen molar-refractivity contribution in [3.63, 3.8) is 0 Å². The molecule has 128 valence electrons. The normalized spacial score (nSPS) is 15.9. The van der Waals surface area contributed by atoms with Gasteiger partial charge in [-0.15, -0.1) is 0 Å². The number of ether oxygens (including phenoxy) is 2. The molecule has 0 fully saturated rings. The van der Waals surface area contributed by atoms with Gasteiger partial charge < -0.3 is 20.9 Å². The molecule has 0 saturated heterocycles. The van der Waals surface area contributed by atoms with Gasteiger partial charge in [0, 0.05) is 22.9 Å². The van der Waals surface area contributed by atoms with Gasteiger partial charge in [0.15, 0.2) is 0 Å². The van der Waals surface area contributed by atoms with E-state index in [1.807, 2.05) is 30.3 Å². The van der Waals surface area contributed by atoms with E-state index in [0.717, 1.165) is 29.7 Å². The second kappa shape index (κ2) is 7.18. The number of nitrogens with zero attached hydrogens (tertiary/aromatic N) is 1. The average molecular weight is 335 g/mol. The van der Waals surface area contributed by atoms with Crippen LogP contribution >= 0.6 is 0 Å². The van der Waals surface area contributed by atoms with Crippen LogP contribution < -0.4 is 20.9 Å². The second-order valence-electron chi connectivity index (χ2n) is 5.96. The van der Waals surface area contributed by atoms with E-state index in [1.54, 1.807) is 12.1 Å². The maximum Gasteiger partial charge on any atom is 0.205 e. The number of benzene rings is 2. The molecule has 4 N–H and O–H groups in total. The topological polar surface area (TPSA) is 94.3 Å². The van der Waals surface area contributed by atoms with Crippen molar-refractivity contribution in [3.05, 3.63) is 65.0 Å². The molecule has 1 aliphatic heterocycles. The van der Waals surface area contributed by atoms with Crippen LogP contribution in [0.3, 0.4) is 0 Å². The van der Waals surface area contributed by atoms with E-state index >= 15 is 0 Å². The third-order valence-corrected chi connectivity index (χ3v) is 4.23. The molecule has 0 radical (unpaired) electrons. The minimum Gasteiger partial charge on any atom is -0.493 e. The lowest BCUT2D eigenvalue weighted by Crippen LogP contribution is -2.21. The number of nitrogen functional groups attached to an aromatic ring is 1. The number of hydrogen-bond acceptors (Lipinski definition) is 5. The Morgan fingerprint density at radius 3 is 2.72 bits per heavy atom. The van der Waals surface area contributed by atoms with Gasteiger partial charge in [0.25, 0.3) is 0 Å². The van der Waals surface area contributed by atoms with Crippen LogP contribution in [0.15, 0.2) is 53.9 Å². The SMILES string of the molecule is CCCCOc1ccccc1[C@@H]1C(C#N)=C(N)Oc2cc(N)ccc21. The van der Waals surface area contributed by atoms with Gasteiger partial charge >= 0.3 is 0 Å². The van der Waals surface area contributed by atoms with Crippen LogP contribution in [0.4, 0.5) is 5.69 Å². The highest BCUT2D eigenvalue weighted by molar-refractivity contribution is 5.61. The fourth-order valence-electron chi connectivity index (χ4n) is 2.97. The van der Waals surface area contributed by atoms with E-state index < -0.39 is 0 Å². The third kappa shape index (κ3) is 3.24. The highest BCUT2D eigenvalue weighted by atomic mass is 16.5. The number of hydrogen-bond donors (Lipinski definition) is 2. The Hall–Kier alpha value is -3.13. The van der Waals surface area contributed by atoms with Crippen molar-refractivity contribution < 1.29 is 9.47 Å². The molecule has 2 aromatic rings. The summed E-state index contributed by atoms with van der Waals surface area (Å²) >= 11 is 0. The van der Waals surface area contributed by atoms with Gasteiger partial charge in [0.2, 0.25) is 5.88 Å². The molecule has 2 aromatic carbocycles. The van der Waals surface area contributed by atoms with E-state index in [2.05, 4.69) is 13.0 Å². The third-order valence-electron chi connectivity index (χ3n) is 4.23. The van der Waals surface area contributed by atoms with Gasteiger partial charge in [-0.05, 0) is 18.6 Å². The summed E-state index contributed by atoms with van der Waals surface area (Å²) in [6.07, 6.45) is 2.02. The summed E-state index contributed by atoms with van der Waals surface area (Å²) in [6, 6.07) is 15.3. The molecule has 0 spiro atoms. The maximum atomic E-state index is 9.64. The summed E-state index contributed by atoms with van der Waals surface area (Å²) in [6.45, 7) is 2.75. The predicted molar refractivity (Wildman–Crippen MR) is 97.0 cm³/mol. The van der Waals surface area contributed by atoms with Crippen molar-refractivity contribution in [1.29, 1.82) is 5.26 Å². The quantitative estimate of drug-likeness (QED) is 0.642. The molecular formula is C20H21N3O2. The Morgan fingerprint density at radius 1 is 1.16 bits per heavy atom. The summed E-state index contributed by atoms with van der Waals surface area (Å²) in [7, 11) is 0. The first kappa shape index (κ1) is 16.7. The van der Waals surface area contributed by atoms with Crippen LogP contribution in [-0.2, 0) is 0 Å². The predicted octanol–water partition coefficient (Wildman–Crippen LogP) is 3.67. The summed E-state index contributed by atoms with van der Waals surface area (Å²) in [5.74, 6) is 1.09. The molecule has 0 unspecified atom stereocenters. The van der Waals surface area contributed by atoms with Gasteiger partial charge in [-0.2, -0.15) is 5.26 Å². The Bertz CT molecular complexity index is 852. The van der Waals surface area contributed by atoms with Crippen molar-refractivity contribution in [2.75, 3.05) is 12.3 Å². The lowest BCUT2D eigenvalue weighted by molar-refractivity contribution is 0.305. The van der Waals surface area contributed by atoms with Crippen molar-refractivity contribution in [1.82, 2.24) is 0 Å². The summed E-state index contributed by atoms with van der Waals surface area (Å²) in [5.41, 5.74) is 14.6. The Balaban J connectivity index is 2.11. The number of nitriles is 1. The first-order valence-electron chi connectivity index (χ1n) is 8.34. The Kier molecular flexibility index (Phi) is 4.80. The largest absolute Gasteiger partial charge is 0.493 e. The van der Waals surface area contributed by atoms with Crippen LogP contribution in [0.5, 0.6) is 11.5 Å². The smallest absolute Gasteiger partial charge is 0.205 e. The van der Waals surface area contributed by atoms with E-state index in [0.29, 0.717) is 23.6 Å². The fraction of sp³-hybridized carbons (Fsp3) is 0.250. The zero-order valence-electron chi connectivity index (χ0n) is 14.2. The number of anilines is 1. The zero-order valence-corrected chi connectivity index (χ0v) is 14.2. The van der Waals surface area contributed by atoms with Gasteiger partial charge in [0.05, 0.1) is 12.5 Å². The van der Waals surface area contributed by atoms with Crippen molar-refractivity contribution in [2.24, 2.45) is 5.73 Å². The monoisotopic (exact) mass is 335 g/mol. The van der Waals surface area contributed by atoms with Crippen molar-refractivity contribution in [2.45, 2.75) is 25.7 Å². The lowest BCUT2D eigenvalue weighted by atomic mass is 9.83. The summed E-state index contributed by atoms with van der Waals surface area (Å²) in [5, 5.41) is 9.64. The molecule has 1 heterocycles. The van der Waals surface area contributed by atoms with E-state index in [-0.39, 0.29) is 11.8 Å². The first-order valence-corrected chi connectivity index (χ1v) is 8.34. The molecule has 0 amide bonds. The molecule has 0 bridgehead atoms. The highest BCUT2D eigenvalue weighted by Gasteiger charge is 2.32. The molecule has 0 aliphatic carbocycles. The molecule has 0 saturated carbocycles. The number of para-hydroxylation sites is 1. The van der Waals surface area contributed by atoms with Crippen LogP contribution in [0.1, 0.15) is 36.8 Å². The van der Waals surface area contributed by atoms with Gasteiger partial charge in [-0.3, -0.25) is 0 Å². The number of unbranched alkanes of at least 4 members (excludes halogenated alkanes) is 1. The number of fused-ring (bicyclic) bond motifs is 1. The molecule has 3 rings (SSSR count). The molecule has 1 aliphatic rings. The standard InChI is InChI=1S/C20H21N3O2/c1-2-3-10-24-17-7-5-4-6-14(17)19-15-9-8-13(22)11-18(15)25-20(23)16(19)12-21/h4-9,11,19H,2-3,10,22-23H2,1H3/t19-/m0/s1. The van der Waals surface area contributed by atoms with E-state index in [9.17, 15) is 5.26 Å². The minimum absolute atomic E-state index is 0.106. The average Bonchev–Trinajstić information content (AvgIpc) is 2.61. The van der Waals surface area contributed by atoms with Gasteiger partial charge in [-0.1, -0.05) is 37.6 Å². The Labute approximate surface area is 147 Å². The number of nitrogens with two attached hydrogens (primary N) is 2. The maximum absolute atomic E-state index is 9.64. The lowest BCUT2D eigenvalue weighted by Gasteiger charge is -2.27. The van der Waals surface area contributed by atoms with Crippen molar-refractivity contribution in [3.8, 4) is 17.6 Å². The highest BCUT2D eigenvalue weighted by Crippen LogP contribution is 2.45. The zero-order chi connectivity index (χ0) is 17.8. The van der Waals surface area contributed by atoms with Gasteiger partial charge in [0.1, 0.15) is 23.1 Å². The molecule has 5 heteroatoms. The molecule has 0 aromatic heterocycles. The molecular weight excluding hydrogens is 314 g/mol. The van der Waals surface area contributed by atoms with Gasteiger partial charge in [-0.25, -0.2) is 0 Å². The van der Waals surface area contributed by atoms with Crippen molar-refractivity contribution >= 4 is 5.69 Å². The summed E-state index contributed by atoms with van der Waals surface area (Å²) in [4.78, 5) is 0. The first-order chi connectivity index (χ1) is 12.2. The second-order valence-corrected chi connectivity index (χ2v) is 5.96. The molecule has 5 nitrogen and oxygen atoms in total. The van der Waals surface area contributed by atoms with E-state index in [4.69, 9.17) is 20.9 Å². The number of allylic oxidation sites excluding steroid dienone is 1. The minimum atomic E-state index is -0.341. The molecule has 1 atom stereocenters. The van der Waals surface area contributed by atoms with Crippen LogP contribution in [0, 0.1) is 11.3 Å². The number of rotatable bonds is 5. The molecule has 25 heavy (non-hydrogen) atoms. The fourth-order valence-corrected chi connectivity index (χ4v) is 2.97. The Morgan fingerprint density at radius 2 is 1.96 bits per heavy atom. The van der Waals surface area contributed by atoms with Crippen LogP contribution in [0.25, 0.3) is 0 Å². The summed E-state index contributed by atoms with van der Waals surface area (Å²) < 4.78 is 11.6.